The maximum Gasteiger partial charge on any atom is 0.407 e. The van der Waals surface area contributed by atoms with Crippen LogP contribution in [0.25, 0.3) is 28.0 Å². The van der Waals surface area contributed by atoms with Gasteiger partial charge in [-0.2, -0.15) is 4.98 Å². The number of ether oxygens (including phenoxy) is 1. The van der Waals surface area contributed by atoms with Gasteiger partial charge in [-0.05, 0) is 56.1 Å². The predicted octanol–water partition coefficient (Wildman–Crippen LogP) is 7.58. The minimum Gasteiger partial charge on any atom is -0.504 e. The highest BCUT2D eigenvalue weighted by molar-refractivity contribution is 6.74. The first-order chi connectivity index (χ1) is 24.2. The summed E-state index contributed by atoms with van der Waals surface area (Å²) in [5.74, 6) is -2.86. The Balaban J connectivity index is 1.77. The van der Waals surface area contributed by atoms with Crippen LogP contribution >= 0.6 is 11.6 Å². The SMILES string of the molecule is CC(C)c1nccc(OCCO[Si](C)(C)C(C)(C)C)c1-n1c(=O)nc(N2CC(C)N(C(=O)O)CC2C)c2cc(Cl)c(-c3c(F)ccc(F)c3O)nc21. The Morgan fingerprint density at radius 2 is 1.75 bits per heavy atom. The summed E-state index contributed by atoms with van der Waals surface area (Å²) >= 11 is 6.75. The van der Waals surface area contributed by atoms with E-state index < -0.39 is 55.1 Å². The summed E-state index contributed by atoms with van der Waals surface area (Å²) in [7, 11) is -2.09. The molecule has 0 radical (unpaired) electrons. The molecule has 1 amide bonds. The van der Waals surface area contributed by atoms with Crippen LogP contribution in [0.2, 0.25) is 23.2 Å². The van der Waals surface area contributed by atoms with Crippen molar-refractivity contribution < 1.29 is 33.0 Å². The molecule has 4 heterocycles. The number of anilines is 1. The van der Waals surface area contributed by atoms with E-state index in [-0.39, 0.29) is 76.3 Å². The van der Waals surface area contributed by atoms with Gasteiger partial charge in [0, 0.05) is 37.4 Å². The molecule has 4 aromatic rings. The largest absolute Gasteiger partial charge is 0.504 e. The van der Waals surface area contributed by atoms with E-state index in [0.29, 0.717) is 5.69 Å². The molecular weight excluding hydrogens is 714 g/mol. The van der Waals surface area contributed by atoms with Crippen LogP contribution in [-0.2, 0) is 4.43 Å². The molecule has 1 aliphatic rings. The van der Waals surface area contributed by atoms with Gasteiger partial charge < -0.3 is 29.2 Å². The number of phenolic OH excluding ortho intramolecular Hbond substituents is 1. The van der Waals surface area contributed by atoms with E-state index in [4.69, 9.17) is 20.8 Å². The number of aromatic nitrogens is 4. The average molecular weight is 759 g/mol. The topological polar surface area (TPSA) is 143 Å². The molecule has 3 aromatic heterocycles. The molecule has 2 atom stereocenters. The zero-order valence-electron chi connectivity index (χ0n) is 30.8. The van der Waals surface area contributed by atoms with Gasteiger partial charge in [-0.1, -0.05) is 46.2 Å². The molecule has 16 heteroatoms. The number of aromatic hydroxyl groups is 1. The van der Waals surface area contributed by atoms with Gasteiger partial charge in [0.15, 0.2) is 25.5 Å². The number of hydrogen-bond donors (Lipinski definition) is 2. The fourth-order valence-electron chi connectivity index (χ4n) is 6.04. The Kier molecular flexibility index (Phi) is 10.9. The van der Waals surface area contributed by atoms with E-state index in [1.54, 1.807) is 31.0 Å². The van der Waals surface area contributed by atoms with Gasteiger partial charge in [0.25, 0.3) is 0 Å². The van der Waals surface area contributed by atoms with E-state index in [1.165, 1.54) is 15.5 Å². The Bertz CT molecular complexity index is 2070. The minimum atomic E-state index is -2.09. The Morgan fingerprint density at radius 1 is 1.08 bits per heavy atom. The van der Waals surface area contributed by atoms with Crippen LogP contribution in [0, 0.1) is 11.6 Å². The second kappa shape index (κ2) is 14.6. The highest BCUT2D eigenvalue weighted by atomic mass is 35.5. The molecule has 12 nitrogen and oxygen atoms in total. The molecule has 0 aliphatic carbocycles. The van der Waals surface area contributed by atoms with Crippen LogP contribution < -0.4 is 15.3 Å². The monoisotopic (exact) mass is 758 g/mol. The summed E-state index contributed by atoms with van der Waals surface area (Å²) in [5.41, 5.74) is -1.03. The fourth-order valence-corrected chi connectivity index (χ4v) is 7.31. The second-order valence-corrected chi connectivity index (χ2v) is 20.2. The van der Waals surface area contributed by atoms with Crippen molar-refractivity contribution >= 4 is 42.9 Å². The van der Waals surface area contributed by atoms with Crippen molar-refractivity contribution in [2.75, 3.05) is 31.2 Å². The molecule has 52 heavy (non-hydrogen) atoms. The van der Waals surface area contributed by atoms with Crippen molar-refractivity contribution in [3.8, 4) is 28.4 Å². The number of pyridine rings is 2. The van der Waals surface area contributed by atoms with Crippen molar-refractivity contribution in [2.45, 2.75) is 84.6 Å². The number of nitrogens with zero attached hydrogens (tertiary/aromatic N) is 6. The summed E-state index contributed by atoms with van der Waals surface area (Å²) in [6.45, 7) is 18.8. The minimum absolute atomic E-state index is 0.0188. The van der Waals surface area contributed by atoms with Gasteiger partial charge in [-0.3, -0.25) is 4.98 Å². The molecule has 1 aliphatic heterocycles. The second-order valence-electron chi connectivity index (χ2n) is 14.9. The highest BCUT2D eigenvalue weighted by Crippen LogP contribution is 2.41. The van der Waals surface area contributed by atoms with Crippen molar-refractivity contribution in [1.29, 1.82) is 0 Å². The zero-order chi connectivity index (χ0) is 38.4. The predicted molar refractivity (Wildman–Crippen MR) is 199 cm³/mol. The van der Waals surface area contributed by atoms with Crippen LogP contribution in [-0.4, -0.2) is 87.4 Å². The maximum atomic E-state index is 15.3. The number of carbonyl (C=O) groups is 1. The molecule has 1 saturated heterocycles. The number of hydrogen-bond acceptors (Lipinski definition) is 9. The van der Waals surface area contributed by atoms with Crippen LogP contribution in [0.3, 0.4) is 0 Å². The molecular formula is C36H45ClF2N6O6Si. The summed E-state index contributed by atoms with van der Waals surface area (Å²) in [6, 6.07) is 3.78. The lowest BCUT2D eigenvalue weighted by Gasteiger charge is -2.43. The normalized spacial score (nSPS) is 16.9. The Labute approximate surface area is 307 Å². The van der Waals surface area contributed by atoms with E-state index >= 15 is 4.39 Å². The number of fused-ring (bicyclic) bond motifs is 1. The number of piperazine rings is 1. The highest BCUT2D eigenvalue weighted by Gasteiger charge is 2.37. The third kappa shape index (κ3) is 7.30. The van der Waals surface area contributed by atoms with Crippen molar-refractivity contribution in [3.63, 3.8) is 0 Å². The van der Waals surface area contributed by atoms with E-state index in [2.05, 4.69) is 48.8 Å². The van der Waals surface area contributed by atoms with Crippen molar-refractivity contribution in [3.05, 3.63) is 63.3 Å². The first-order valence-electron chi connectivity index (χ1n) is 17.1. The molecule has 2 N–H and O–H groups in total. The summed E-state index contributed by atoms with van der Waals surface area (Å²) in [6.07, 6.45) is 0.497. The van der Waals surface area contributed by atoms with Gasteiger partial charge in [0.05, 0.1) is 34.0 Å². The number of carboxylic acid groups (broad SMARTS) is 1. The molecule has 280 valence electrons. The lowest BCUT2D eigenvalue weighted by molar-refractivity contribution is 0.114. The van der Waals surface area contributed by atoms with Gasteiger partial charge >= 0.3 is 11.8 Å². The van der Waals surface area contributed by atoms with E-state index in [1.807, 2.05) is 13.8 Å². The molecule has 1 fully saturated rings. The number of halogens is 3. The molecule has 1 aromatic carbocycles. The third-order valence-corrected chi connectivity index (χ3v) is 14.7. The summed E-state index contributed by atoms with van der Waals surface area (Å²) < 4.78 is 43.8. The van der Waals surface area contributed by atoms with Gasteiger partial charge in [0.1, 0.15) is 29.7 Å². The third-order valence-electron chi connectivity index (χ3n) is 9.92. The number of benzene rings is 1. The molecule has 0 bridgehead atoms. The average Bonchev–Trinajstić information content (AvgIpc) is 3.05. The maximum absolute atomic E-state index is 15.3. The van der Waals surface area contributed by atoms with Gasteiger partial charge in [-0.15, -0.1) is 0 Å². The number of rotatable bonds is 9. The van der Waals surface area contributed by atoms with Gasteiger partial charge in [0.2, 0.25) is 0 Å². The van der Waals surface area contributed by atoms with Crippen molar-refractivity contribution in [1.82, 2.24) is 24.4 Å². The Hall–Kier alpha value is -4.34. The van der Waals surface area contributed by atoms with Crippen LogP contribution in [0.5, 0.6) is 11.5 Å². The molecule has 5 rings (SSSR count). The number of amides is 1. The molecule has 2 unspecified atom stereocenters. The van der Waals surface area contributed by atoms with Crippen molar-refractivity contribution in [2.24, 2.45) is 0 Å². The summed E-state index contributed by atoms with van der Waals surface area (Å²) in [5, 5.41) is 20.5. The first kappa shape index (κ1) is 38.9. The smallest absolute Gasteiger partial charge is 0.407 e. The number of phenols is 1. The lowest BCUT2D eigenvalue weighted by atomic mass is 10.1. The molecule has 0 saturated carbocycles. The first-order valence-corrected chi connectivity index (χ1v) is 20.4. The van der Waals surface area contributed by atoms with Crippen LogP contribution in [0.1, 0.15) is 60.1 Å². The Morgan fingerprint density at radius 3 is 2.38 bits per heavy atom. The standard InChI is InChI=1S/C36H45ClF2N6O6Si/c1-19(2)28-30(26(12-13-40-28)50-14-15-51-52(8,9)36(5,6)7)45-33-22(16-23(37)29(41-33)27-24(38)10-11-25(39)31(27)46)32(42-34(45)47)43-17-21(4)44(35(48)49)18-20(43)3/h10-13,16,19-21,46H,14-15,17-18H2,1-9H3,(H,48,49). The summed E-state index contributed by atoms with van der Waals surface area (Å²) in [4.78, 5) is 43.3. The van der Waals surface area contributed by atoms with Crippen LogP contribution in [0.4, 0.5) is 19.4 Å². The van der Waals surface area contributed by atoms with E-state index in [0.717, 1.165) is 12.1 Å². The van der Waals surface area contributed by atoms with Gasteiger partial charge in [-0.25, -0.2) is 27.9 Å². The molecule has 0 spiro atoms. The lowest BCUT2D eigenvalue weighted by Crippen LogP contribution is -2.58. The zero-order valence-corrected chi connectivity index (χ0v) is 32.5. The van der Waals surface area contributed by atoms with E-state index in [9.17, 15) is 24.2 Å². The van der Waals surface area contributed by atoms with Crippen LogP contribution in [0.15, 0.2) is 35.3 Å². The fraction of sp³-hybridized carbons (Fsp3) is 0.472. The quantitative estimate of drug-likeness (QED) is 0.130.